The average Bonchev–Trinajstić information content (AvgIpc) is 2.22. The quantitative estimate of drug-likeness (QED) is 0.391. The van der Waals surface area contributed by atoms with Crippen molar-refractivity contribution >= 4 is 11.8 Å². The summed E-state index contributed by atoms with van der Waals surface area (Å²) in [6.07, 6.45) is 2.84. The molecule has 0 aliphatic carbocycles. The zero-order chi connectivity index (χ0) is 11.4. The third-order valence-corrected chi connectivity index (χ3v) is 2.76. The SMILES string of the molecule is CC=C(C)C(=NC)N1CCC1C(=O)OC. The number of methoxy groups -OCH3 is 1. The van der Waals surface area contributed by atoms with Crippen LogP contribution in [-0.4, -0.2) is 43.4 Å². The zero-order valence-corrected chi connectivity index (χ0v) is 9.78. The van der Waals surface area contributed by atoms with Gasteiger partial charge in [0, 0.05) is 13.6 Å². The Morgan fingerprint density at radius 3 is 2.60 bits per heavy atom. The summed E-state index contributed by atoms with van der Waals surface area (Å²) in [5, 5.41) is 0. The molecule has 0 bridgehead atoms. The number of esters is 1. The number of ether oxygens (including phenoxy) is 1. The molecule has 1 fully saturated rings. The van der Waals surface area contributed by atoms with Crippen molar-refractivity contribution in [3.8, 4) is 0 Å². The van der Waals surface area contributed by atoms with Crippen LogP contribution in [0.5, 0.6) is 0 Å². The van der Waals surface area contributed by atoms with Gasteiger partial charge in [-0.05, 0) is 25.8 Å². The third-order valence-electron chi connectivity index (χ3n) is 2.76. The van der Waals surface area contributed by atoms with Crippen molar-refractivity contribution in [2.45, 2.75) is 26.3 Å². The van der Waals surface area contributed by atoms with Crippen LogP contribution < -0.4 is 0 Å². The lowest BCUT2D eigenvalue weighted by Crippen LogP contribution is -2.55. The lowest BCUT2D eigenvalue weighted by molar-refractivity contribution is -0.148. The Bertz CT molecular complexity index is 308. The monoisotopic (exact) mass is 210 g/mol. The van der Waals surface area contributed by atoms with Crippen LogP contribution in [0.15, 0.2) is 16.6 Å². The predicted octanol–water partition coefficient (Wildman–Crippen LogP) is 1.23. The molecule has 1 saturated heterocycles. The minimum absolute atomic E-state index is 0.149. The van der Waals surface area contributed by atoms with Crippen LogP contribution in [0.25, 0.3) is 0 Å². The molecule has 1 aliphatic rings. The molecule has 15 heavy (non-hydrogen) atoms. The highest BCUT2D eigenvalue weighted by Crippen LogP contribution is 2.21. The first-order valence-electron chi connectivity index (χ1n) is 5.10. The molecule has 0 aromatic rings. The van der Waals surface area contributed by atoms with Gasteiger partial charge in [0.05, 0.1) is 7.11 Å². The molecular weight excluding hydrogens is 192 g/mol. The van der Waals surface area contributed by atoms with Gasteiger partial charge in [-0.2, -0.15) is 0 Å². The van der Waals surface area contributed by atoms with Gasteiger partial charge in [-0.25, -0.2) is 4.79 Å². The van der Waals surface area contributed by atoms with Crippen molar-refractivity contribution in [3.05, 3.63) is 11.6 Å². The van der Waals surface area contributed by atoms with Crippen LogP contribution in [0.2, 0.25) is 0 Å². The van der Waals surface area contributed by atoms with Gasteiger partial charge in [0.15, 0.2) is 0 Å². The van der Waals surface area contributed by atoms with Gasteiger partial charge in [-0.15, -0.1) is 0 Å². The fourth-order valence-electron chi connectivity index (χ4n) is 1.68. The fourth-order valence-corrected chi connectivity index (χ4v) is 1.68. The first kappa shape index (κ1) is 11.8. The Kier molecular flexibility index (Phi) is 3.88. The molecule has 0 N–H and O–H groups in total. The number of rotatable bonds is 2. The molecule has 0 spiro atoms. The Morgan fingerprint density at radius 1 is 1.60 bits per heavy atom. The predicted molar refractivity (Wildman–Crippen MR) is 59.9 cm³/mol. The summed E-state index contributed by atoms with van der Waals surface area (Å²) >= 11 is 0. The number of allylic oxidation sites excluding steroid dienone is 1. The second kappa shape index (κ2) is 4.96. The van der Waals surface area contributed by atoms with Crippen LogP contribution in [0, 0.1) is 0 Å². The second-order valence-corrected chi connectivity index (χ2v) is 3.54. The van der Waals surface area contributed by atoms with Gasteiger partial charge in [-0.1, -0.05) is 6.08 Å². The van der Waals surface area contributed by atoms with Crippen molar-refractivity contribution < 1.29 is 9.53 Å². The van der Waals surface area contributed by atoms with E-state index in [1.165, 1.54) is 7.11 Å². The maximum atomic E-state index is 11.4. The van der Waals surface area contributed by atoms with Gasteiger partial charge < -0.3 is 9.64 Å². The molecule has 1 unspecified atom stereocenters. The minimum atomic E-state index is -0.175. The van der Waals surface area contributed by atoms with Crippen LogP contribution in [0.3, 0.4) is 0 Å². The Morgan fingerprint density at radius 2 is 2.27 bits per heavy atom. The normalized spacial score (nSPS) is 22.4. The van der Waals surface area contributed by atoms with Crippen LogP contribution in [0.1, 0.15) is 20.3 Å². The maximum Gasteiger partial charge on any atom is 0.328 e. The molecule has 0 aromatic heterocycles. The molecule has 1 aliphatic heterocycles. The van der Waals surface area contributed by atoms with Gasteiger partial charge in [0.2, 0.25) is 0 Å². The summed E-state index contributed by atoms with van der Waals surface area (Å²) in [4.78, 5) is 17.6. The lowest BCUT2D eigenvalue weighted by Gasteiger charge is -2.41. The minimum Gasteiger partial charge on any atom is -0.467 e. The molecule has 0 amide bonds. The van der Waals surface area contributed by atoms with Crippen molar-refractivity contribution in [3.63, 3.8) is 0 Å². The Labute approximate surface area is 90.6 Å². The summed E-state index contributed by atoms with van der Waals surface area (Å²) in [7, 11) is 3.17. The van der Waals surface area contributed by atoms with Gasteiger partial charge >= 0.3 is 5.97 Å². The molecule has 1 heterocycles. The van der Waals surface area contributed by atoms with E-state index in [4.69, 9.17) is 4.74 Å². The number of amidine groups is 1. The molecule has 0 saturated carbocycles. The van der Waals surface area contributed by atoms with E-state index < -0.39 is 0 Å². The molecule has 0 radical (unpaired) electrons. The van der Waals surface area contributed by atoms with Crippen molar-refractivity contribution in [1.82, 2.24) is 4.90 Å². The zero-order valence-electron chi connectivity index (χ0n) is 9.78. The second-order valence-electron chi connectivity index (χ2n) is 3.54. The number of carbonyl (C=O) groups excluding carboxylic acids is 1. The average molecular weight is 210 g/mol. The summed E-state index contributed by atoms with van der Waals surface area (Å²) in [6.45, 7) is 4.83. The van der Waals surface area contributed by atoms with Crippen molar-refractivity contribution in [2.24, 2.45) is 4.99 Å². The number of hydrogen-bond donors (Lipinski definition) is 0. The highest BCUT2D eigenvalue weighted by atomic mass is 16.5. The highest BCUT2D eigenvalue weighted by molar-refractivity contribution is 6.00. The van der Waals surface area contributed by atoms with E-state index in [9.17, 15) is 4.79 Å². The number of likely N-dealkylation sites (tertiary alicyclic amines) is 1. The smallest absolute Gasteiger partial charge is 0.328 e. The molecule has 1 atom stereocenters. The molecule has 4 nitrogen and oxygen atoms in total. The lowest BCUT2D eigenvalue weighted by atomic mass is 10.0. The van der Waals surface area contributed by atoms with Crippen LogP contribution in [0.4, 0.5) is 0 Å². The summed E-state index contributed by atoms with van der Waals surface area (Å²) in [5.74, 6) is 0.713. The van der Waals surface area contributed by atoms with Gasteiger partial charge in [0.1, 0.15) is 11.9 Å². The molecular formula is C11H18N2O2. The molecule has 84 valence electrons. The largest absolute Gasteiger partial charge is 0.467 e. The van der Waals surface area contributed by atoms with Gasteiger partial charge in [-0.3, -0.25) is 4.99 Å². The van der Waals surface area contributed by atoms with Crippen molar-refractivity contribution in [1.29, 1.82) is 0 Å². The first-order chi connectivity index (χ1) is 7.15. The summed E-state index contributed by atoms with van der Waals surface area (Å²) in [5.41, 5.74) is 1.09. The summed E-state index contributed by atoms with van der Waals surface area (Å²) < 4.78 is 4.74. The highest BCUT2D eigenvalue weighted by Gasteiger charge is 2.37. The van der Waals surface area contributed by atoms with E-state index in [1.54, 1.807) is 7.05 Å². The van der Waals surface area contributed by atoms with E-state index in [-0.39, 0.29) is 12.0 Å². The first-order valence-corrected chi connectivity index (χ1v) is 5.10. The molecule has 1 rings (SSSR count). The van der Waals surface area contributed by atoms with Crippen LogP contribution >= 0.6 is 0 Å². The fraction of sp³-hybridized carbons (Fsp3) is 0.636. The summed E-state index contributed by atoms with van der Waals surface area (Å²) in [6, 6.07) is -0.149. The number of carbonyl (C=O) groups is 1. The van der Waals surface area contributed by atoms with E-state index in [0.29, 0.717) is 0 Å². The van der Waals surface area contributed by atoms with Crippen molar-refractivity contribution in [2.75, 3.05) is 20.7 Å². The Hall–Kier alpha value is -1.32. The van der Waals surface area contributed by atoms with E-state index in [0.717, 1.165) is 24.4 Å². The molecule has 0 aromatic carbocycles. The Balaban J connectivity index is 2.76. The third kappa shape index (κ3) is 2.19. The standard InChI is InChI=1S/C11H18N2O2/c1-5-8(2)10(12-3)13-7-6-9(13)11(14)15-4/h5,9H,6-7H2,1-4H3. The number of nitrogens with zero attached hydrogens (tertiary/aromatic N) is 2. The van der Waals surface area contributed by atoms with Gasteiger partial charge in [0.25, 0.3) is 0 Å². The van der Waals surface area contributed by atoms with E-state index >= 15 is 0 Å². The van der Waals surface area contributed by atoms with Crippen LogP contribution in [-0.2, 0) is 9.53 Å². The number of hydrogen-bond acceptors (Lipinski definition) is 3. The van der Waals surface area contributed by atoms with E-state index in [2.05, 4.69) is 4.99 Å². The van der Waals surface area contributed by atoms with E-state index in [1.807, 2.05) is 24.8 Å². The topological polar surface area (TPSA) is 41.9 Å². The molecule has 4 heteroatoms. The maximum absolute atomic E-state index is 11.4. The number of aliphatic imine (C=N–C) groups is 1.